The summed E-state index contributed by atoms with van der Waals surface area (Å²) >= 11 is 0. The van der Waals surface area contributed by atoms with E-state index < -0.39 is 10.0 Å². The lowest BCUT2D eigenvalue weighted by Gasteiger charge is -2.13. The lowest BCUT2D eigenvalue weighted by atomic mass is 10.1. The van der Waals surface area contributed by atoms with Crippen LogP contribution in [0.4, 0.5) is 0 Å². The van der Waals surface area contributed by atoms with Crippen LogP contribution in [0.1, 0.15) is 29.5 Å². The van der Waals surface area contributed by atoms with E-state index in [0.717, 1.165) is 23.3 Å². The molecular formula is C15H24N2O3S. The van der Waals surface area contributed by atoms with Gasteiger partial charge in [0.05, 0.1) is 11.5 Å². The van der Waals surface area contributed by atoms with Crippen LogP contribution in [0.15, 0.2) is 17.0 Å². The Kier molecular flexibility index (Phi) is 5.37. The van der Waals surface area contributed by atoms with Crippen molar-refractivity contribution in [1.82, 2.24) is 4.72 Å². The van der Waals surface area contributed by atoms with Gasteiger partial charge in [-0.3, -0.25) is 0 Å². The Bertz CT molecular complexity index is 595. The van der Waals surface area contributed by atoms with Crippen molar-refractivity contribution in [2.75, 3.05) is 19.8 Å². The fraction of sp³-hybridized carbons (Fsp3) is 0.600. The Morgan fingerprint density at radius 1 is 1.33 bits per heavy atom. The highest BCUT2D eigenvalue weighted by molar-refractivity contribution is 7.89. The predicted molar refractivity (Wildman–Crippen MR) is 82.5 cm³/mol. The zero-order valence-electron chi connectivity index (χ0n) is 12.7. The number of benzene rings is 1. The van der Waals surface area contributed by atoms with E-state index in [1.165, 1.54) is 12.8 Å². The number of aryl methyl sites for hydroxylation is 1. The Hall–Kier alpha value is -0.950. The summed E-state index contributed by atoms with van der Waals surface area (Å²) in [6.07, 6.45) is 2.46. The van der Waals surface area contributed by atoms with Crippen LogP contribution in [0.2, 0.25) is 0 Å². The lowest BCUT2D eigenvalue weighted by molar-refractivity contribution is 0.129. The van der Waals surface area contributed by atoms with E-state index in [-0.39, 0.29) is 0 Å². The zero-order chi connectivity index (χ0) is 15.5. The van der Waals surface area contributed by atoms with Crippen LogP contribution in [0.3, 0.4) is 0 Å². The van der Waals surface area contributed by atoms with E-state index in [1.807, 2.05) is 19.9 Å². The van der Waals surface area contributed by atoms with Crippen LogP contribution in [0, 0.1) is 19.8 Å². The molecule has 21 heavy (non-hydrogen) atoms. The first-order valence-corrected chi connectivity index (χ1v) is 8.80. The number of nitrogens with one attached hydrogen (secondary N) is 1. The van der Waals surface area contributed by atoms with Crippen molar-refractivity contribution in [2.45, 2.75) is 38.1 Å². The molecule has 0 aliphatic heterocycles. The highest BCUT2D eigenvalue weighted by Crippen LogP contribution is 2.28. The topological polar surface area (TPSA) is 81.4 Å². The summed E-state index contributed by atoms with van der Waals surface area (Å²) in [6, 6.07) is 3.57. The van der Waals surface area contributed by atoms with Gasteiger partial charge in [0.1, 0.15) is 0 Å². The fourth-order valence-corrected chi connectivity index (χ4v) is 3.53. The summed E-state index contributed by atoms with van der Waals surface area (Å²) in [7, 11) is -3.52. The van der Waals surface area contributed by atoms with E-state index in [2.05, 4.69) is 4.72 Å². The molecule has 0 bridgehead atoms. The first-order chi connectivity index (χ1) is 9.94. The SMILES string of the molecule is Cc1cc(CN)cc(S(=O)(=O)NCCOCC2CC2)c1C. The fourth-order valence-electron chi connectivity index (χ4n) is 2.16. The monoisotopic (exact) mass is 312 g/mol. The summed E-state index contributed by atoms with van der Waals surface area (Å²) in [4.78, 5) is 0.310. The third kappa shape index (κ3) is 4.51. The molecule has 1 aliphatic carbocycles. The Balaban J connectivity index is 1.98. The number of nitrogens with two attached hydrogens (primary N) is 1. The molecule has 0 saturated heterocycles. The van der Waals surface area contributed by atoms with Crippen molar-refractivity contribution >= 4 is 10.0 Å². The summed E-state index contributed by atoms with van der Waals surface area (Å²) < 4.78 is 32.8. The number of hydrogen-bond acceptors (Lipinski definition) is 4. The number of hydrogen-bond donors (Lipinski definition) is 2. The minimum absolute atomic E-state index is 0.292. The third-order valence-electron chi connectivity index (χ3n) is 3.79. The first-order valence-electron chi connectivity index (χ1n) is 7.31. The molecule has 0 amide bonds. The first kappa shape index (κ1) is 16.4. The minimum Gasteiger partial charge on any atom is -0.380 e. The summed E-state index contributed by atoms with van der Waals surface area (Å²) in [5.74, 6) is 0.688. The van der Waals surface area contributed by atoms with Crippen LogP contribution in [-0.4, -0.2) is 28.2 Å². The molecule has 1 aromatic rings. The lowest BCUT2D eigenvalue weighted by Crippen LogP contribution is -2.28. The van der Waals surface area contributed by atoms with Gasteiger partial charge < -0.3 is 10.5 Å². The Morgan fingerprint density at radius 2 is 2.05 bits per heavy atom. The van der Waals surface area contributed by atoms with Gasteiger partial charge in [0.2, 0.25) is 10.0 Å². The molecule has 6 heteroatoms. The van der Waals surface area contributed by atoms with Crippen LogP contribution < -0.4 is 10.5 Å². The van der Waals surface area contributed by atoms with Crippen LogP contribution in [-0.2, 0) is 21.3 Å². The predicted octanol–water partition coefficient (Wildman–Crippen LogP) is 1.47. The van der Waals surface area contributed by atoms with Gasteiger partial charge in [0.15, 0.2) is 0 Å². The molecule has 0 atom stereocenters. The third-order valence-corrected chi connectivity index (χ3v) is 5.38. The molecule has 1 saturated carbocycles. The van der Waals surface area contributed by atoms with Gasteiger partial charge in [-0.05, 0) is 55.4 Å². The van der Waals surface area contributed by atoms with Crippen molar-refractivity contribution in [2.24, 2.45) is 11.7 Å². The van der Waals surface area contributed by atoms with Crippen molar-refractivity contribution in [3.8, 4) is 0 Å². The second-order valence-electron chi connectivity index (χ2n) is 5.66. The second-order valence-corrected chi connectivity index (χ2v) is 7.39. The van der Waals surface area contributed by atoms with Gasteiger partial charge in [0.25, 0.3) is 0 Å². The number of rotatable bonds is 8. The average Bonchev–Trinajstić information content (AvgIpc) is 3.25. The highest BCUT2D eigenvalue weighted by Gasteiger charge is 2.21. The molecule has 0 heterocycles. The smallest absolute Gasteiger partial charge is 0.240 e. The summed E-state index contributed by atoms with van der Waals surface area (Å²) in [5.41, 5.74) is 8.14. The van der Waals surface area contributed by atoms with Gasteiger partial charge in [-0.15, -0.1) is 0 Å². The maximum absolute atomic E-state index is 12.4. The molecule has 1 fully saturated rings. The maximum Gasteiger partial charge on any atom is 0.240 e. The summed E-state index contributed by atoms with van der Waals surface area (Å²) in [5, 5.41) is 0. The number of ether oxygens (including phenoxy) is 1. The normalized spacial score (nSPS) is 15.4. The van der Waals surface area contributed by atoms with E-state index in [0.29, 0.717) is 30.5 Å². The molecule has 0 spiro atoms. The highest BCUT2D eigenvalue weighted by atomic mass is 32.2. The van der Waals surface area contributed by atoms with Gasteiger partial charge in [-0.2, -0.15) is 0 Å². The van der Waals surface area contributed by atoms with Gasteiger partial charge >= 0.3 is 0 Å². The molecule has 0 radical (unpaired) electrons. The molecule has 0 aromatic heterocycles. The van der Waals surface area contributed by atoms with E-state index >= 15 is 0 Å². The van der Waals surface area contributed by atoms with Crippen LogP contribution in [0.25, 0.3) is 0 Å². The van der Waals surface area contributed by atoms with Crippen LogP contribution in [0.5, 0.6) is 0 Å². The van der Waals surface area contributed by atoms with Crippen molar-refractivity contribution in [3.05, 3.63) is 28.8 Å². The van der Waals surface area contributed by atoms with E-state index in [4.69, 9.17) is 10.5 Å². The maximum atomic E-state index is 12.4. The van der Waals surface area contributed by atoms with Crippen molar-refractivity contribution < 1.29 is 13.2 Å². The number of sulfonamides is 1. The van der Waals surface area contributed by atoms with E-state index in [9.17, 15) is 8.42 Å². The van der Waals surface area contributed by atoms with E-state index in [1.54, 1.807) is 6.07 Å². The molecule has 2 rings (SSSR count). The summed E-state index contributed by atoms with van der Waals surface area (Å²) in [6.45, 7) is 5.47. The molecule has 3 N–H and O–H groups in total. The average molecular weight is 312 g/mol. The quantitative estimate of drug-likeness (QED) is 0.712. The Labute approximate surface area is 126 Å². The second kappa shape index (κ2) is 6.87. The Morgan fingerprint density at radius 3 is 2.67 bits per heavy atom. The molecule has 118 valence electrons. The van der Waals surface area contributed by atoms with Gasteiger partial charge in [-0.25, -0.2) is 13.1 Å². The standard InChI is InChI=1S/C15H24N2O3S/c1-11-7-14(9-16)8-15(12(11)2)21(18,19)17-5-6-20-10-13-3-4-13/h7-8,13,17H,3-6,9-10,16H2,1-2H3. The van der Waals surface area contributed by atoms with Crippen LogP contribution >= 0.6 is 0 Å². The van der Waals surface area contributed by atoms with Gasteiger partial charge in [0, 0.05) is 19.7 Å². The molecule has 5 nitrogen and oxygen atoms in total. The van der Waals surface area contributed by atoms with Gasteiger partial charge in [-0.1, -0.05) is 6.07 Å². The molecule has 0 unspecified atom stereocenters. The largest absolute Gasteiger partial charge is 0.380 e. The zero-order valence-corrected chi connectivity index (χ0v) is 13.5. The minimum atomic E-state index is -3.52. The van der Waals surface area contributed by atoms with Crippen molar-refractivity contribution in [1.29, 1.82) is 0 Å². The molecule has 1 aliphatic rings. The molecule has 1 aromatic carbocycles. The van der Waals surface area contributed by atoms with Crippen molar-refractivity contribution in [3.63, 3.8) is 0 Å². The molecular weight excluding hydrogens is 288 g/mol.